The van der Waals surface area contributed by atoms with Gasteiger partial charge in [0.05, 0.1) is 22.4 Å². The van der Waals surface area contributed by atoms with Crippen molar-refractivity contribution in [2.24, 2.45) is 0 Å². The molecule has 0 fully saturated rings. The number of anilines is 1. The monoisotopic (exact) mass is 356 g/mol. The predicted octanol–water partition coefficient (Wildman–Crippen LogP) is 3.05. The van der Waals surface area contributed by atoms with Gasteiger partial charge in [0.1, 0.15) is 16.0 Å². The van der Waals surface area contributed by atoms with Gasteiger partial charge in [-0.1, -0.05) is 11.6 Å². The minimum absolute atomic E-state index is 0.0798. The zero-order chi connectivity index (χ0) is 14.7. The van der Waals surface area contributed by atoms with Crippen LogP contribution in [0.3, 0.4) is 0 Å². The van der Waals surface area contributed by atoms with Crippen LogP contribution < -0.4 is 5.32 Å². The van der Waals surface area contributed by atoms with Crippen molar-refractivity contribution in [1.82, 2.24) is 9.97 Å². The van der Waals surface area contributed by atoms with Gasteiger partial charge < -0.3 is 5.32 Å². The van der Waals surface area contributed by atoms with E-state index in [0.29, 0.717) is 10.3 Å². The van der Waals surface area contributed by atoms with Crippen molar-refractivity contribution in [2.75, 3.05) is 5.32 Å². The van der Waals surface area contributed by atoms with Crippen LogP contribution in [-0.2, 0) is 0 Å². The zero-order valence-corrected chi connectivity index (χ0v) is 12.1. The number of hydrogen-bond donors (Lipinski definition) is 1. The van der Waals surface area contributed by atoms with E-state index in [2.05, 4.69) is 31.2 Å². The lowest BCUT2D eigenvalue weighted by atomic mass is 10.2. The van der Waals surface area contributed by atoms with Crippen LogP contribution in [0.4, 0.5) is 11.4 Å². The molecule has 0 saturated carbocycles. The Bertz CT molecular complexity index is 678. The van der Waals surface area contributed by atoms with Crippen LogP contribution in [0.1, 0.15) is 10.4 Å². The van der Waals surface area contributed by atoms with E-state index in [0.717, 1.165) is 12.3 Å². The van der Waals surface area contributed by atoms with Gasteiger partial charge in [-0.15, -0.1) is 0 Å². The second kappa shape index (κ2) is 5.93. The highest BCUT2D eigenvalue weighted by Gasteiger charge is 2.17. The Labute approximate surface area is 126 Å². The van der Waals surface area contributed by atoms with Crippen molar-refractivity contribution >= 4 is 44.8 Å². The van der Waals surface area contributed by atoms with E-state index >= 15 is 0 Å². The minimum atomic E-state index is -0.651. The molecule has 1 N–H and O–H groups in total. The molecule has 7 nitrogen and oxygen atoms in total. The summed E-state index contributed by atoms with van der Waals surface area (Å²) in [7, 11) is 0. The second-order valence-corrected chi connectivity index (χ2v) is 4.78. The Kier molecular flexibility index (Phi) is 4.26. The van der Waals surface area contributed by atoms with Crippen LogP contribution in [0.2, 0.25) is 5.15 Å². The molecule has 0 aromatic carbocycles. The zero-order valence-electron chi connectivity index (χ0n) is 9.71. The number of hydrogen-bond acceptors (Lipinski definition) is 5. The summed E-state index contributed by atoms with van der Waals surface area (Å²) in [4.78, 5) is 29.6. The fourth-order valence-corrected chi connectivity index (χ4v) is 1.77. The lowest BCUT2D eigenvalue weighted by Gasteiger charge is -2.05. The molecular weight excluding hydrogens is 352 g/mol. The number of carbonyl (C=O) groups is 1. The van der Waals surface area contributed by atoms with Crippen molar-refractivity contribution in [3.05, 3.63) is 56.0 Å². The molecule has 102 valence electrons. The van der Waals surface area contributed by atoms with Crippen LogP contribution in [0, 0.1) is 10.1 Å². The Morgan fingerprint density at radius 2 is 2.10 bits per heavy atom. The van der Waals surface area contributed by atoms with Gasteiger partial charge >= 0.3 is 0 Å². The first-order valence-corrected chi connectivity index (χ1v) is 6.37. The maximum Gasteiger partial charge on any atom is 0.288 e. The van der Waals surface area contributed by atoms with Crippen molar-refractivity contribution in [1.29, 1.82) is 0 Å². The predicted molar refractivity (Wildman–Crippen MR) is 75.8 cm³/mol. The van der Waals surface area contributed by atoms with E-state index in [-0.39, 0.29) is 16.4 Å². The Morgan fingerprint density at radius 3 is 2.70 bits per heavy atom. The van der Waals surface area contributed by atoms with Crippen molar-refractivity contribution < 1.29 is 9.72 Å². The van der Waals surface area contributed by atoms with Crippen LogP contribution in [-0.4, -0.2) is 20.8 Å². The van der Waals surface area contributed by atoms with Gasteiger partial charge in [0.2, 0.25) is 0 Å². The molecule has 0 unspecified atom stereocenters. The first-order valence-electron chi connectivity index (χ1n) is 5.20. The molecule has 0 saturated heterocycles. The largest absolute Gasteiger partial charge is 0.320 e. The van der Waals surface area contributed by atoms with Crippen LogP contribution >= 0.6 is 27.5 Å². The SMILES string of the molecule is O=C(Nc1ccc(Br)nc1)c1cc([N+](=O)[O-])cnc1Cl. The van der Waals surface area contributed by atoms with Gasteiger partial charge in [-0.25, -0.2) is 9.97 Å². The summed E-state index contributed by atoms with van der Waals surface area (Å²) in [6, 6.07) is 4.33. The second-order valence-electron chi connectivity index (χ2n) is 3.61. The van der Waals surface area contributed by atoms with Crippen molar-refractivity contribution in [3.63, 3.8) is 0 Å². The number of nitrogens with one attached hydrogen (secondary N) is 1. The van der Waals surface area contributed by atoms with Gasteiger partial charge in [-0.3, -0.25) is 14.9 Å². The van der Waals surface area contributed by atoms with E-state index in [1.54, 1.807) is 12.1 Å². The smallest absolute Gasteiger partial charge is 0.288 e. The normalized spacial score (nSPS) is 10.1. The molecule has 0 bridgehead atoms. The highest BCUT2D eigenvalue weighted by Crippen LogP contribution is 2.20. The summed E-state index contributed by atoms with van der Waals surface area (Å²) in [6.07, 6.45) is 2.42. The van der Waals surface area contributed by atoms with Crippen LogP contribution in [0.25, 0.3) is 0 Å². The van der Waals surface area contributed by atoms with E-state index in [1.807, 2.05) is 0 Å². The van der Waals surface area contributed by atoms with E-state index in [1.165, 1.54) is 6.20 Å². The maximum atomic E-state index is 12.0. The van der Waals surface area contributed by atoms with E-state index in [4.69, 9.17) is 11.6 Å². The van der Waals surface area contributed by atoms with E-state index < -0.39 is 10.8 Å². The third kappa shape index (κ3) is 3.28. The minimum Gasteiger partial charge on any atom is -0.320 e. The molecule has 20 heavy (non-hydrogen) atoms. The molecule has 2 aromatic heterocycles. The molecular formula is C11H6BrClN4O3. The summed E-state index contributed by atoms with van der Waals surface area (Å²) in [5.41, 5.74) is 0.0399. The number of nitro groups is 1. The molecule has 0 radical (unpaired) electrons. The first-order chi connectivity index (χ1) is 9.47. The summed E-state index contributed by atoms with van der Waals surface area (Å²) in [5, 5.41) is 13.1. The molecule has 2 aromatic rings. The van der Waals surface area contributed by atoms with Crippen molar-refractivity contribution in [2.45, 2.75) is 0 Å². The molecule has 9 heteroatoms. The van der Waals surface area contributed by atoms with Gasteiger partial charge in [-0.05, 0) is 28.1 Å². The number of pyridine rings is 2. The van der Waals surface area contributed by atoms with Crippen LogP contribution in [0.15, 0.2) is 35.2 Å². The molecule has 0 aliphatic rings. The number of rotatable bonds is 3. The summed E-state index contributed by atoms with van der Waals surface area (Å²) >= 11 is 8.93. The number of carbonyl (C=O) groups excluding carboxylic acids is 1. The number of amides is 1. The fourth-order valence-electron chi connectivity index (χ4n) is 1.34. The Hall–Kier alpha value is -2.06. The summed E-state index contributed by atoms with van der Waals surface area (Å²) in [6.45, 7) is 0. The summed E-state index contributed by atoms with van der Waals surface area (Å²) < 4.78 is 0.616. The Morgan fingerprint density at radius 1 is 1.35 bits per heavy atom. The standard InChI is InChI=1S/C11H6BrClN4O3/c12-9-2-1-6(4-14-9)16-11(18)8-3-7(17(19)20)5-15-10(8)13/h1-5H,(H,16,18). The third-order valence-electron chi connectivity index (χ3n) is 2.27. The lowest BCUT2D eigenvalue weighted by molar-refractivity contribution is -0.385. The highest BCUT2D eigenvalue weighted by atomic mass is 79.9. The van der Waals surface area contributed by atoms with Crippen molar-refractivity contribution in [3.8, 4) is 0 Å². The molecule has 0 aliphatic heterocycles. The molecule has 0 aliphatic carbocycles. The van der Waals surface area contributed by atoms with Gasteiger partial charge in [0.15, 0.2) is 0 Å². The van der Waals surface area contributed by atoms with Crippen LogP contribution in [0.5, 0.6) is 0 Å². The maximum absolute atomic E-state index is 12.0. The highest BCUT2D eigenvalue weighted by molar-refractivity contribution is 9.10. The quantitative estimate of drug-likeness (QED) is 0.517. The lowest BCUT2D eigenvalue weighted by Crippen LogP contribution is -2.13. The van der Waals surface area contributed by atoms with Gasteiger partial charge in [0.25, 0.3) is 11.6 Å². The molecule has 1 amide bonds. The first kappa shape index (κ1) is 14.4. The molecule has 2 rings (SSSR count). The molecule has 2 heterocycles. The van der Waals surface area contributed by atoms with Gasteiger partial charge in [0, 0.05) is 6.07 Å². The molecule has 0 atom stereocenters. The third-order valence-corrected chi connectivity index (χ3v) is 3.04. The average molecular weight is 358 g/mol. The van der Waals surface area contributed by atoms with E-state index in [9.17, 15) is 14.9 Å². The van der Waals surface area contributed by atoms with Gasteiger partial charge in [-0.2, -0.15) is 0 Å². The number of halogens is 2. The average Bonchev–Trinajstić information content (AvgIpc) is 2.41. The molecule has 0 spiro atoms. The topological polar surface area (TPSA) is 98.0 Å². The number of aromatic nitrogens is 2. The summed E-state index contributed by atoms with van der Waals surface area (Å²) in [5.74, 6) is -0.602. The number of nitrogens with zero attached hydrogens (tertiary/aromatic N) is 3. The Balaban J connectivity index is 2.26. The fraction of sp³-hybridized carbons (Fsp3) is 0.